The van der Waals surface area contributed by atoms with Crippen LogP contribution in [0.25, 0.3) is 95.3 Å². The molecule has 10 aromatic rings. The second-order valence-corrected chi connectivity index (χ2v) is 18.7. The van der Waals surface area contributed by atoms with E-state index >= 15 is 0 Å². The Morgan fingerprint density at radius 1 is 0.400 bits per heavy atom. The van der Waals surface area contributed by atoms with Gasteiger partial charge >= 0.3 is 0 Å². The predicted molar refractivity (Wildman–Crippen MR) is 267 cm³/mol. The minimum atomic E-state index is -0.137. The molecule has 0 unspecified atom stereocenters. The summed E-state index contributed by atoms with van der Waals surface area (Å²) in [7, 11) is 0. The summed E-state index contributed by atoms with van der Waals surface area (Å²) in [5, 5.41) is 13.2. The van der Waals surface area contributed by atoms with E-state index in [4.69, 9.17) is 19.9 Å². The topological polar surface area (TPSA) is 80.3 Å². The lowest BCUT2D eigenvalue weighted by Crippen LogP contribution is -2.12. The summed E-state index contributed by atoms with van der Waals surface area (Å²) in [4.78, 5) is 21.4. The highest BCUT2D eigenvalue weighted by atomic mass is 15.0. The molecule has 3 heterocycles. The molecule has 0 aliphatic carbocycles. The Morgan fingerprint density at radius 3 is 1.22 bits per heavy atom. The SMILES string of the molecule is CC(C)(C)c1ccc2c3ccc(C(C)(C)C)cc3n(-c3c(-c4cc(-c5ccccc5)nc(-c5ccccc5)n4)cc(C#N)cc3-c3nc(-c4ccccc4)cc(-c4ccccc4)n3)c2c1. The monoisotopic (exact) mass is 840 g/mol. The Hall–Kier alpha value is -8.01. The average Bonchev–Trinajstić information content (AvgIpc) is 3.66. The molecule has 0 amide bonds. The maximum atomic E-state index is 11.0. The van der Waals surface area contributed by atoms with Gasteiger partial charge in [-0.15, -0.1) is 0 Å². The van der Waals surface area contributed by atoms with Crippen LogP contribution in [0.15, 0.2) is 182 Å². The Bertz CT molecular complexity index is 3090. The van der Waals surface area contributed by atoms with Crippen LogP contribution < -0.4 is 0 Å². The number of benzene rings is 7. The highest BCUT2D eigenvalue weighted by molar-refractivity contribution is 6.11. The first-order valence-electron chi connectivity index (χ1n) is 22.1. The summed E-state index contributed by atoms with van der Waals surface area (Å²) >= 11 is 0. The molecule has 0 saturated heterocycles. The molecule has 0 aliphatic rings. The van der Waals surface area contributed by atoms with Crippen molar-refractivity contribution in [1.82, 2.24) is 24.5 Å². The summed E-state index contributed by atoms with van der Waals surface area (Å²) in [6.45, 7) is 13.5. The minimum absolute atomic E-state index is 0.137. The molecule has 65 heavy (non-hydrogen) atoms. The first-order chi connectivity index (χ1) is 31.4. The summed E-state index contributed by atoms with van der Waals surface area (Å²) in [6.07, 6.45) is 0. The Kier molecular flexibility index (Phi) is 10.3. The van der Waals surface area contributed by atoms with Gasteiger partial charge in [-0.1, -0.05) is 187 Å². The number of fused-ring (bicyclic) bond motifs is 3. The molecule has 10 rings (SSSR count). The van der Waals surface area contributed by atoms with E-state index in [9.17, 15) is 5.26 Å². The lowest BCUT2D eigenvalue weighted by molar-refractivity contribution is 0.591. The Labute approximate surface area is 380 Å². The van der Waals surface area contributed by atoms with Gasteiger partial charge in [-0.25, -0.2) is 19.9 Å². The molecule has 7 aromatic carbocycles. The molecule has 0 radical (unpaired) electrons. The molecule has 0 bridgehead atoms. The van der Waals surface area contributed by atoms with Gasteiger partial charge in [0, 0.05) is 44.2 Å². The van der Waals surface area contributed by atoms with E-state index in [1.165, 1.54) is 11.1 Å². The molecular formula is C59H48N6. The van der Waals surface area contributed by atoms with E-state index in [-0.39, 0.29) is 10.8 Å². The van der Waals surface area contributed by atoms with Gasteiger partial charge in [-0.2, -0.15) is 5.26 Å². The van der Waals surface area contributed by atoms with Crippen LogP contribution in [0.2, 0.25) is 0 Å². The minimum Gasteiger partial charge on any atom is -0.308 e. The van der Waals surface area contributed by atoms with Crippen LogP contribution in [0.3, 0.4) is 0 Å². The third-order valence-electron chi connectivity index (χ3n) is 12.2. The van der Waals surface area contributed by atoms with Crippen LogP contribution >= 0.6 is 0 Å². The fourth-order valence-electron chi connectivity index (χ4n) is 8.64. The van der Waals surface area contributed by atoms with Crippen molar-refractivity contribution < 1.29 is 0 Å². The van der Waals surface area contributed by atoms with Crippen molar-refractivity contribution in [3.63, 3.8) is 0 Å². The fraction of sp³-hybridized carbons (Fsp3) is 0.136. The van der Waals surface area contributed by atoms with Crippen molar-refractivity contribution in [3.8, 4) is 79.6 Å². The molecule has 314 valence electrons. The zero-order valence-corrected chi connectivity index (χ0v) is 37.5. The fourth-order valence-corrected chi connectivity index (χ4v) is 8.64. The van der Waals surface area contributed by atoms with E-state index in [1.54, 1.807) is 0 Å². The molecule has 6 heteroatoms. The van der Waals surface area contributed by atoms with Gasteiger partial charge in [-0.3, -0.25) is 0 Å². The van der Waals surface area contributed by atoms with Crippen LogP contribution in [-0.4, -0.2) is 24.5 Å². The third-order valence-corrected chi connectivity index (χ3v) is 12.2. The highest BCUT2D eigenvalue weighted by Gasteiger charge is 2.27. The van der Waals surface area contributed by atoms with Gasteiger partial charge in [0.15, 0.2) is 11.6 Å². The lowest BCUT2D eigenvalue weighted by atomic mass is 9.86. The quantitative estimate of drug-likeness (QED) is 0.160. The number of rotatable bonds is 7. The van der Waals surface area contributed by atoms with Crippen LogP contribution in [0.5, 0.6) is 0 Å². The van der Waals surface area contributed by atoms with Gasteiger partial charge in [0.05, 0.1) is 51.1 Å². The van der Waals surface area contributed by atoms with Crippen LogP contribution in [0.1, 0.15) is 58.2 Å². The molecule has 3 aromatic heterocycles. The van der Waals surface area contributed by atoms with Crippen molar-refractivity contribution in [3.05, 3.63) is 199 Å². The lowest BCUT2D eigenvalue weighted by Gasteiger charge is -2.23. The normalized spacial score (nSPS) is 11.8. The van der Waals surface area contributed by atoms with Gasteiger partial charge < -0.3 is 4.57 Å². The van der Waals surface area contributed by atoms with Crippen LogP contribution in [0, 0.1) is 11.3 Å². The number of hydrogen-bond acceptors (Lipinski definition) is 5. The molecule has 0 N–H and O–H groups in total. The third kappa shape index (κ3) is 7.87. The van der Waals surface area contributed by atoms with Crippen molar-refractivity contribution in [2.45, 2.75) is 52.4 Å². The number of nitrogens with zero attached hydrogens (tertiary/aromatic N) is 6. The van der Waals surface area contributed by atoms with Gasteiger partial charge in [0.2, 0.25) is 0 Å². The molecule has 0 aliphatic heterocycles. The molecule has 0 fully saturated rings. The molecule has 6 nitrogen and oxygen atoms in total. The smallest absolute Gasteiger partial charge is 0.162 e. The number of hydrogen-bond donors (Lipinski definition) is 0. The summed E-state index contributed by atoms with van der Waals surface area (Å²) in [5.41, 5.74) is 13.7. The Balaban J connectivity index is 1.41. The second kappa shape index (κ2) is 16.3. The second-order valence-electron chi connectivity index (χ2n) is 18.7. The van der Waals surface area contributed by atoms with E-state index in [0.717, 1.165) is 72.4 Å². The zero-order chi connectivity index (χ0) is 44.9. The number of aromatic nitrogens is 5. The van der Waals surface area contributed by atoms with E-state index in [1.807, 2.05) is 97.1 Å². The van der Waals surface area contributed by atoms with Crippen molar-refractivity contribution in [2.24, 2.45) is 0 Å². The van der Waals surface area contributed by atoms with Crippen LogP contribution in [-0.2, 0) is 10.8 Å². The maximum absolute atomic E-state index is 11.0. The zero-order valence-electron chi connectivity index (χ0n) is 37.5. The van der Waals surface area contributed by atoms with Gasteiger partial charge in [0.1, 0.15) is 0 Å². The first kappa shape index (κ1) is 41.0. The van der Waals surface area contributed by atoms with Gasteiger partial charge in [-0.05, 0) is 58.4 Å². The first-order valence-corrected chi connectivity index (χ1v) is 22.1. The summed E-state index contributed by atoms with van der Waals surface area (Å²) in [6, 6.07) is 65.0. The molecule has 0 spiro atoms. The van der Waals surface area contributed by atoms with Crippen LogP contribution in [0.4, 0.5) is 0 Å². The molecule has 0 saturated carbocycles. The highest BCUT2D eigenvalue weighted by Crippen LogP contribution is 2.44. The summed E-state index contributed by atoms with van der Waals surface area (Å²) in [5.74, 6) is 1.07. The predicted octanol–water partition coefficient (Wildman–Crippen LogP) is 14.8. The van der Waals surface area contributed by atoms with Crippen molar-refractivity contribution in [1.29, 1.82) is 5.26 Å². The molecule has 0 atom stereocenters. The summed E-state index contributed by atoms with van der Waals surface area (Å²) < 4.78 is 2.38. The standard InChI is InChI=1S/C59H48N6/c1-58(2,3)43-27-29-45-46-30-28-44(59(4,5)6)34-54(46)65(53(45)33-43)55-47(52-36-51(41-23-15-9-16-24-41)61-56(64-52)42-25-17-10-18-26-42)31-38(37-60)32-48(55)57-62-49(39-19-11-7-12-20-39)35-50(63-57)40-21-13-8-14-22-40/h7-36H,1-6H3. The van der Waals surface area contributed by atoms with E-state index < -0.39 is 0 Å². The molecular weight excluding hydrogens is 793 g/mol. The number of nitriles is 1. The van der Waals surface area contributed by atoms with E-state index in [0.29, 0.717) is 28.5 Å². The maximum Gasteiger partial charge on any atom is 0.162 e. The van der Waals surface area contributed by atoms with Crippen molar-refractivity contribution >= 4 is 21.8 Å². The Morgan fingerprint density at radius 2 is 0.785 bits per heavy atom. The van der Waals surface area contributed by atoms with E-state index in [2.05, 4.69) is 137 Å². The van der Waals surface area contributed by atoms with Gasteiger partial charge in [0.25, 0.3) is 0 Å². The average molecular weight is 841 g/mol. The van der Waals surface area contributed by atoms with Crippen molar-refractivity contribution in [2.75, 3.05) is 0 Å². The largest absolute Gasteiger partial charge is 0.308 e.